The monoisotopic (exact) mass is 484 g/mol. The lowest BCUT2D eigenvalue weighted by atomic mass is 10.0. The lowest BCUT2D eigenvalue weighted by molar-refractivity contribution is -0.140. The van der Waals surface area contributed by atoms with Crippen LogP contribution in [-0.4, -0.2) is 72.6 Å². The Bertz CT molecular complexity index is 1400. The predicted molar refractivity (Wildman–Crippen MR) is 126 cm³/mol. The predicted octanol–water partition coefficient (Wildman–Crippen LogP) is 3.23. The van der Waals surface area contributed by atoms with Gasteiger partial charge in [-0.3, -0.25) is 4.79 Å². The Morgan fingerprint density at radius 3 is 2.86 bits per heavy atom. The quantitative estimate of drug-likeness (QED) is 0.448. The van der Waals surface area contributed by atoms with Gasteiger partial charge in [-0.1, -0.05) is 18.2 Å². The van der Waals surface area contributed by atoms with Crippen molar-refractivity contribution in [2.45, 2.75) is 45.2 Å². The molecule has 0 bridgehead atoms. The average molecular weight is 485 g/mol. The van der Waals surface area contributed by atoms with E-state index in [1.165, 1.54) is 14.0 Å². The molecule has 12 heteroatoms. The minimum Gasteiger partial charge on any atom is -0.479 e. The fourth-order valence-corrected chi connectivity index (χ4v) is 4.48. The maximum Gasteiger partial charge on any atom is 0.285 e. The minimum atomic E-state index is -3.12. The Morgan fingerprint density at radius 1 is 1.31 bits per heavy atom. The Balaban J connectivity index is 1.49. The van der Waals surface area contributed by atoms with Gasteiger partial charge in [-0.05, 0) is 36.6 Å². The number of carbonyl (C=O) groups excluding carboxylic acids is 1. The van der Waals surface area contributed by atoms with Crippen LogP contribution in [0.25, 0.3) is 27.7 Å². The number of piperidine rings is 1. The van der Waals surface area contributed by atoms with Crippen molar-refractivity contribution in [2.75, 3.05) is 25.5 Å². The first kappa shape index (κ1) is 22.9. The van der Waals surface area contributed by atoms with Gasteiger partial charge in [0.1, 0.15) is 11.0 Å². The third-order valence-electron chi connectivity index (χ3n) is 6.28. The third kappa shape index (κ3) is 4.13. The van der Waals surface area contributed by atoms with Crippen LogP contribution in [0.5, 0.6) is 5.88 Å². The Morgan fingerprint density at radius 2 is 2.14 bits per heavy atom. The summed E-state index contributed by atoms with van der Waals surface area (Å²) >= 11 is 0. The molecule has 1 aromatic carbocycles. The number of ether oxygens (including phenoxy) is 1. The standard InChI is InChI=1S/C23H26F2N8O2/c1-4-9-32-18-12-15(5-6-17(18)28-30-32)16-7-11-33-20(16)21(35-3)27-22(29-33)26-19-8-10-31(14(2)34)13-23(19,24)25/h5-7,11-12,19H,4,8-10,13H2,1-3H3,(H,26,29)/t19-/m1/s1. The molecule has 0 saturated carbocycles. The van der Waals surface area contributed by atoms with Crippen molar-refractivity contribution in [3.8, 4) is 17.0 Å². The molecule has 0 spiro atoms. The molecule has 1 amide bonds. The van der Waals surface area contributed by atoms with Gasteiger partial charge in [0.15, 0.2) is 0 Å². The van der Waals surface area contributed by atoms with Crippen LogP contribution in [-0.2, 0) is 11.3 Å². The van der Waals surface area contributed by atoms with Gasteiger partial charge in [0.05, 0.1) is 25.2 Å². The maximum atomic E-state index is 14.7. The summed E-state index contributed by atoms with van der Waals surface area (Å²) in [5.41, 5.74) is 4.08. The molecule has 10 nitrogen and oxygen atoms in total. The molecule has 4 aromatic rings. The largest absolute Gasteiger partial charge is 0.479 e. The molecule has 1 N–H and O–H groups in total. The van der Waals surface area contributed by atoms with Crippen LogP contribution in [0.15, 0.2) is 30.5 Å². The Hall–Kier alpha value is -3.83. The van der Waals surface area contributed by atoms with Crippen LogP contribution in [0.3, 0.4) is 0 Å². The smallest absolute Gasteiger partial charge is 0.285 e. The van der Waals surface area contributed by atoms with E-state index < -0.39 is 18.5 Å². The number of likely N-dealkylation sites (tertiary alicyclic amines) is 1. The summed E-state index contributed by atoms with van der Waals surface area (Å²) in [5, 5.41) is 15.6. The van der Waals surface area contributed by atoms with Crippen molar-refractivity contribution in [3.05, 3.63) is 30.5 Å². The Labute approximate surface area is 199 Å². The SMILES string of the molecule is CCCn1nnc2ccc(-c3ccn4nc(N[C@@H]5CCN(C(C)=O)CC5(F)F)nc(OC)c34)cc21. The number of methoxy groups -OCH3 is 1. The van der Waals surface area contributed by atoms with Crippen LogP contribution in [0.1, 0.15) is 26.7 Å². The molecule has 0 unspecified atom stereocenters. The zero-order valence-electron chi connectivity index (χ0n) is 19.7. The van der Waals surface area contributed by atoms with Crippen LogP contribution in [0, 0.1) is 0 Å². The van der Waals surface area contributed by atoms with E-state index in [-0.39, 0.29) is 30.7 Å². The molecule has 3 aromatic heterocycles. The second kappa shape index (κ2) is 8.75. The van der Waals surface area contributed by atoms with Crippen LogP contribution in [0.4, 0.5) is 14.7 Å². The number of hydrogen-bond donors (Lipinski definition) is 1. The number of hydrogen-bond acceptors (Lipinski definition) is 7. The summed E-state index contributed by atoms with van der Waals surface area (Å²) in [5.74, 6) is -3.21. The van der Waals surface area contributed by atoms with Crippen molar-refractivity contribution in [3.63, 3.8) is 0 Å². The fourth-order valence-electron chi connectivity index (χ4n) is 4.48. The van der Waals surface area contributed by atoms with E-state index in [9.17, 15) is 13.6 Å². The second-order valence-corrected chi connectivity index (χ2v) is 8.67. The van der Waals surface area contributed by atoms with E-state index in [0.29, 0.717) is 5.52 Å². The molecule has 4 heterocycles. The number of anilines is 1. The molecule has 35 heavy (non-hydrogen) atoms. The molecule has 5 rings (SSSR count). The zero-order chi connectivity index (χ0) is 24.7. The number of aryl methyl sites for hydroxylation is 1. The number of amides is 1. The number of aromatic nitrogens is 6. The molecule has 1 fully saturated rings. The first-order chi connectivity index (χ1) is 16.8. The highest BCUT2D eigenvalue weighted by atomic mass is 19.3. The number of nitrogens with one attached hydrogen (secondary N) is 1. The van der Waals surface area contributed by atoms with Crippen LogP contribution < -0.4 is 10.1 Å². The van der Waals surface area contributed by atoms with Gasteiger partial charge in [-0.2, -0.15) is 4.98 Å². The molecule has 1 aliphatic heterocycles. The lowest BCUT2D eigenvalue weighted by Gasteiger charge is -2.38. The van der Waals surface area contributed by atoms with E-state index in [1.807, 2.05) is 28.9 Å². The van der Waals surface area contributed by atoms with Gasteiger partial charge in [0.25, 0.3) is 5.92 Å². The van der Waals surface area contributed by atoms with E-state index in [4.69, 9.17) is 4.74 Å². The zero-order valence-corrected chi connectivity index (χ0v) is 19.7. The van der Waals surface area contributed by atoms with E-state index in [0.717, 1.165) is 40.0 Å². The number of rotatable bonds is 6. The number of alkyl halides is 2. The number of benzene rings is 1. The number of halogens is 2. The van der Waals surface area contributed by atoms with Crippen molar-refractivity contribution in [1.29, 1.82) is 0 Å². The average Bonchev–Trinajstić information content (AvgIpc) is 3.44. The number of fused-ring (bicyclic) bond motifs is 2. The summed E-state index contributed by atoms with van der Waals surface area (Å²) in [7, 11) is 1.48. The molecular formula is C23H26F2N8O2. The van der Waals surface area contributed by atoms with Gasteiger partial charge in [-0.25, -0.2) is 18.0 Å². The van der Waals surface area contributed by atoms with Gasteiger partial charge in [0.2, 0.25) is 17.7 Å². The molecule has 184 valence electrons. The fraction of sp³-hybridized carbons (Fsp3) is 0.435. The van der Waals surface area contributed by atoms with Gasteiger partial charge in [-0.15, -0.1) is 10.2 Å². The summed E-state index contributed by atoms with van der Waals surface area (Å²) in [6.07, 6.45) is 2.75. The Kier molecular flexibility index (Phi) is 5.73. The normalized spacial score (nSPS) is 17.7. The number of nitrogens with zero attached hydrogens (tertiary/aromatic N) is 7. The second-order valence-electron chi connectivity index (χ2n) is 8.67. The van der Waals surface area contributed by atoms with Crippen molar-refractivity contribution in [2.24, 2.45) is 0 Å². The van der Waals surface area contributed by atoms with Crippen LogP contribution in [0.2, 0.25) is 0 Å². The highest BCUT2D eigenvalue weighted by molar-refractivity contribution is 5.89. The molecule has 0 radical (unpaired) electrons. The molecule has 1 aliphatic rings. The van der Waals surface area contributed by atoms with Crippen molar-refractivity contribution >= 4 is 28.4 Å². The number of carbonyl (C=O) groups is 1. The van der Waals surface area contributed by atoms with Gasteiger partial charge >= 0.3 is 0 Å². The highest BCUT2D eigenvalue weighted by Crippen LogP contribution is 2.34. The van der Waals surface area contributed by atoms with Gasteiger partial charge < -0.3 is 15.0 Å². The third-order valence-corrected chi connectivity index (χ3v) is 6.28. The maximum absolute atomic E-state index is 14.7. The summed E-state index contributed by atoms with van der Waals surface area (Å²) in [4.78, 5) is 17.1. The van der Waals surface area contributed by atoms with E-state index in [2.05, 4.69) is 32.6 Å². The van der Waals surface area contributed by atoms with E-state index >= 15 is 0 Å². The molecule has 1 saturated heterocycles. The summed E-state index contributed by atoms with van der Waals surface area (Å²) in [6, 6.07) is 6.54. The lowest BCUT2D eigenvalue weighted by Crippen LogP contribution is -2.55. The summed E-state index contributed by atoms with van der Waals surface area (Å²) < 4.78 is 38.4. The molecule has 0 aliphatic carbocycles. The minimum absolute atomic E-state index is 0.0260. The first-order valence-corrected chi connectivity index (χ1v) is 11.5. The molecule has 1 atom stereocenters. The van der Waals surface area contributed by atoms with Crippen LogP contribution >= 0.6 is 0 Å². The van der Waals surface area contributed by atoms with Crippen molar-refractivity contribution < 1.29 is 18.3 Å². The highest BCUT2D eigenvalue weighted by Gasteiger charge is 2.45. The van der Waals surface area contributed by atoms with Gasteiger partial charge in [0, 0.05) is 31.8 Å². The topological polar surface area (TPSA) is 102 Å². The first-order valence-electron chi connectivity index (χ1n) is 11.5. The van der Waals surface area contributed by atoms with Crippen molar-refractivity contribution in [1.82, 2.24) is 34.5 Å². The summed E-state index contributed by atoms with van der Waals surface area (Å²) in [6.45, 7) is 3.73. The van der Waals surface area contributed by atoms with E-state index in [1.54, 1.807) is 10.7 Å². The molecular weight excluding hydrogens is 458 g/mol.